The molecule has 1 aromatic rings. The van der Waals surface area contributed by atoms with Gasteiger partial charge in [-0.25, -0.2) is 0 Å². The van der Waals surface area contributed by atoms with Crippen molar-refractivity contribution >= 4 is 23.3 Å². The average molecular weight is 285 g/mol. The molecule has 0 aliphatic heterocycles. The Balaban J connectivity index is 2.14. The summed E-state index contributed by atoms with van der Waals surface area (Å²) in [5.74, 6) is -0.972. The van der Waals surface area contributed by atoms with Crippen LogP contribution in [0, 0.1) is 0 Å². The van der Waals surface area contributed by atoms with Crippen LogP contribution in [0.1, 0.15) is 29.5 Å². The number of hydrogen-bond acceptors (Lipinski definition) is 5. The van der Waals surface area contributed by atoms with E-state index in [0.717, 1.165) is 22.7 Å². The molecule has 0 unspecified atom stereocenters. The second-order valence-corrected chi connectivity index (χ2v) is 5.28. The van der Waals surface area contributed by atoms with Crippen LogP contribution >= 0.6 is 11.3 Å². The van der Waals surface area contributed by atoms with E-state index >= 15 is 0 Å². The van der Waals surface area contributed by atoms with Crippen LogP contribution in [0.4, 0.5) is 0 Å². The normalized spacial score (nSPS) is 10.4. The van der Waals surface area contributed by atoms with E-state index in [9.17, 15) is 9.59 Å². The third kappa shape index (κ3) is 6.93. The molecular formula is C13H19NO4S. The number of carbonyl (C=O) groups is 2. The number of carboxylic acids is 1. The third-order valence-electron chi connectivity index (χ3n) is 2.38. The van der Waals surface area contributed by atoms with Crippen LogP contribution in [0.2, 0.25) is 0 Å². The molecule has 19 heavy (non-hydrogen) atoms. The number of esters is 1. The second-order valence-electron chi connectivity index (χ2n) is 4.02. The number of rotatable bonds is 9. The average Bonchev–Trinajstić information content (AvgIpc) is 2.75. The Hall–Kier alpha value is -1.40. The standard InChI is InChI=1S/C13H19NO4S/c1-2-18-13(17)4-3-7-14-9-11-6-5-10(19-11)8-12(15)16/h5-6,14H,2-4,7-9H2,1H3,(H,15,16). The number of nitrogens with one attached hydrogen (secondary N) is 1. The van der Waals surface area contributed by atoms with Gasteiger partial charge in [-0.3, -0.25) is 9.59 Å². The summed E-state index contributed by atoms with van der Waals surface area (Å²) in [6, 6.07) is 3.77. The number of hydrogen-bond donors (Lipinski definition) is 2. The molecule has 1 aromatic heterocycles. The number of aliphatic carboxylic acids is 1. The van der Waals surface area contributed by atoms with Crippen LogP contribution in [0.25, 0.3) is 0 Å². The van der Waals surface area contributed by atoms with Gasteiger partial charge in [0.2, 0.25) is 0 Å². The predicted molar refractivity (Wildman–Crippen MR) is 73.2 cm³/mol. The Morgan fingerprint density at radius 2 is 2.11 bits per heavy atom. The van der Waals surface area contributed by atoms with Crippen LogP contribution in [-0.4, -0.2) is 30.2 Å². The number of ether oxygens (including phenoxy) is 1. The molecule has 0 spiro atoms. The molecule has 1 heterocycles. The van der Waals surface area contributed by atoms with Crippen LogP contribution in [0.3, 0.4) is 0 Å². The van der Waals surface area contributed by atoms with Crippen molar-refractivity contribution in [3.05, 3.63) is 21.9 Å². The molecule has 0 aliphatic rings. The van der Waals surface area contributed by atoms with Crippen molar-refractivity contribution in [3.63, 3.8) is 0 Å². The maximum atomic E-state index is 11.1. The van der Waals surface area contributed by atoms with Gasteiger partial charge < -0.3 is 15.2 Å². The SMILES string of the molecule is CCOC(=O)CCCNCc1ccc(CC(=O)O)s1. The maximum absolute atomic E-state index is 11.1. The molecule has 0 saturated carbocycles. The first kappa shape index (κ1) is 15.7. The summed E-state index contributed by atoms with van der Waals surface area (Å²) < 4.78 is 4.83. The van der Waals surface area contributed by atoms with Gasteiger partial charge >= 0.3 is 11.9 Å². The minimum Gasteiger partial charge on any atom is -0.481 e. The largest absolute Gasteiger partial charge is 0.481 e. The molecule has 106 valence electrons. The Morgan fingerprint density at radius 1 is 1.37 bits per heavy atom. The summed E-state index contributed by atoms with van der Waals surface area (Å²) in [6.45, 7) is 3.66. The topological polar surface area (TPSA) is 75.6 Å². The van der Waals surface area contributed by atoms with Gasteiger partial charge in [-0.2, -0.15) is 0 Å². The monoisotopic (exact) mass is 285 g/mol. The highest BCUT2D eigenvalue weighted by Crippen LogP contribution is 2.16. The Bertz CT molecular complexity index is 417. The smallest absolute Gasteiger partial charge is 0.308 e. The molecule has 0 bridgehead atoms. The first-order valence-corrected chi connectivity index (χ1v) is 7.09. The van der Waals surface area contributed by atoms with E-state index in [1.165, 1.54) is 11.3 Å². The minimum absolute atomic E-state index is 0.0769. The quantitative estimate of drug-likeness (QED) is 0.534. The van der Waals surface area contributed by atoms with Crippen molar-refractivity contribution in [2.45, 2.75) is 32.7 Å². The van der Waals surface area contributed by atoms with E-state index in [1.807, 2.05) is 12.1 Å². The molecule has 0 aromatic carbocycles. The summed E-state index contributed by atoms with van der Waals surface area (Å²) in [4.78, 5) is 23.6. The zero-order valence-corrected chi connectivity index (χ0v) is 11.8. The van der Waals surface area contributed by atoms with E-state index in [4.69, 9.17) is 9.84 Å². The van der Waals surface area contributed by atoms with E-state index in [-0.39, 0.29) is 12.4 Å². The zero-order valence-electron chi connectivity index (χ0n) is 11.0. The van der Waals surface area contributed by atoms with Crippen molar-refractivity contribution in [2.24, 2.45) is 0 Å². The zero-order chi connectivity index (χ0) is 14.1. The molecule has 0 radical (unpaired) electrons. The lowest BCUT2D eigenvalue weighted by Gasteiger charge is -2.03. The number of carboxylic acid groups (broad SMARTS) is 1. The Morgan fingerprint density at radius 3 is 2.79 bits per heavy atom. The lowest BCUT2D eigenvalue weighted by Crippen LogP contribution is -2.15. The molecule has 0 saturated heterocycles. The summed E-state index contributed by atoms with van der Waals surface area (Å²) >= 11 is 1.50. The van der Waals surface area contributed by atoms with Gasteiger partial charge in [0.15, 0.2) is 0 Å². The van der Waals surface area contributed by atoms with E-state index in [2.05, 4.69) is 5.32 Å². The fourth-order valence-corrected chi connectivity index (χ4v) is 2.54. The predicted octanol–water partition coefficient (Wildman–Crippen LogP) is 1.81. The van der Waals surface area contributed by atoms with Crippen molar-refractivity contribution in [1.82, 2.24) is 5.32 Å². The summed E-state index contributed by atoms with van der Waals surface area (Å²) in [5, 5.41) is 11.9. The van der Waals surface area contributed by atoms with Crippen LogP contribution in [0.5, 0.6) is 0 Å². The highest BCUT2D eigenvalue weighted by atomic mass is 32.1. The first-order valence-electron chi connectivity index (χ1n) is 6.27. The van der Waals surface area contributed by atoms with Gasteiger partial charge in [0.05, 0.1) is 13.0 Å². The molecule has 0 aliphatic carbocycles. The molecule has 0 fully saturated rings. The minimum atomic E-state index is -0.809. The molecule has 2 N–H and O–H groups in total. The Kier molecular flexibility index (Phi) is 7.14. The van der Waals surface area contributed by atoms with Gasteiger partial charge in [0.25, 0.3) is 0 Å². The Labute approximate surface area is 116 Å². The van der Waals surface area contributed by atoms with Crippen LogP contribution in [0.15, 0.2) is 12.1 Å². The number of thiophene rings is 1. The maximum Gasteiger partial charge on any atom is 0.308 e. The second kappa shape index (κ2) is 8.66. The van der Waals surface area contributed by atoms with Gasteiger partial charge in [-0.05, 0) is 32.0 Å². The molecule has 1 rings (SSSR count). The number of carbonyl (C=O) groups excluding carboxylic acids is 1. The third-order valence-corrected chi connectivity index (χ3v) is 3.47. The molecule has 0 amide bonds. The van der Waals surface area contributed by atoms with Crippen LogP contribution < -0.4 is 5.32 Å². The van der Waals surface area contributed by atoms with Crippen LogP contribution in [-0.2, 0) is 27.3 Å². The highest BCUT2D eigenvalue weighted by Gasteiger charge is 2.04. The van der Waals surface area contributed by atoms with Crippen molar-refractivity contribution in [3.8, 4) is 0 Å². The highest BCUT2D eigenvalue weighted by molar-refractivity contribution is 7.12. The fraction of sp³-hybridized carbons (Fsp3) is 0.538. The van der Waals surface area contributed by atoms with E-state index in [0.29, 0.717) is 19.6 Å². The van der Waals surface area contributed by atoms with Gasteiger partial charge in [0.1, 0.15) is 0 Å². The molecule has 0 atom stereocenters. The molecule has 5 nitrogen and oxygen atoms in total. The summed E-state index contributed by atoms with van der Waals surface area (Å²) in [7, 11) is 0. The van der Waals surface area contributed by atoms with Crippen molar-refractivity contribution < 1.29 is 19.4 Å². The lowest BCUT2D eigenvalue weighted by atomic mass is 10.3. The lowest BCUT2D eigenvalue weighted by molar-refractivity contribution is -0.143. The van der Waals surface area contributed by atoms with E-state index in [1.54, 1.807) is 6.92 Å². The summed E-state index contributed by atoms with van der Waals surface area (Å²) in [5.41, 5.74) is 0. The van der Waals surface area contributed by atoms with Crippen molar-refractivity contribution in [2.75, 3.05) is 13.2 Å². The van der Waals surface area contributed by atoms with Crippen molar-refractivity contribution in [1.29, 1.82) is 0 Å². The fourth-order valence-electron chi connectivity index (χ4n) is 1.56. The van der Waals surface area contributed by atoms with E-state index < -0.39 is 5.97 Å². The summed E-state index contributed by atoms with van der Waals surface area (Å²) in [6.07, 6.45) is 1.25. The molecule has 6 heteroatoms. The van der Waals surface area contributed by atoms with Gasteiger partial charge in [0, 0.05) is 22.7 Å². The molecular weight excluding hydrogens is 266 g/mol. The van der Waals surface area contributed by atoms with Gasteiger partial charge in [-0.1, -0.05) is 0 Å². The van der Waals surface area contributed by atoms with Gasteiger partial charge in [-0.15, -0.1) is 11.3 Å². The first-order chi connectivity index (χ1) is 9.11.